The Hall–Kier alpha value is -4.48. The number of aliphatic carboxylic acids is 1. The van der Waals surface area contributed by atoms with Gasteiger partial charge in [0.2, 0.25) is 0 Å². The third kappa shape index (κ3) is 7.55. The summed E-state index contributed by atoms with van der Waals surface area (Å²) in [5, 5.41) is 16.5. The molecule has 5 rings (SSSR count). The van der Waals surface area contributed by atoms with E-state index in [1.54, 1.807) is 6.20 Å². The summed E-state index contributed by atoms with van der Waals surface area (Å²) in [6.07, 6.45) is -0.984. The van der Waals surface area contributed by atoms with E-state index in [1.165, 1.54) is 24.0 Å². The Morgan fingerprint density at radius 3 is 2.05 bits per heavy atom. The molecule has 1 aliphatic heterocycles. The van der Waals surface area contributed by atoms with Gasteiger partial charge in [-0.05, 0) is 54.6 Å². The highest BCUT2D eigenvalue weighted by molar-refractivity contribution is 5.81. The minimum atomic E-state index is -5.08. The van der Waals surface area contributed by atoms with Gasteiger partial charge in [-0.25, -0.2) is 4.79 Å². The molecule has 0 amide bonds. The molecule has 1 N–H and O–H groups in total. The van der Waals surface area contributed by atoms with Crippen molar-refractivity contribution in [3.63, 3.8) is 0 Å². The van der Waals surface area contributed by atoms with Crippen LogP contribution in [0.5, 0.6) is 0 Å². The summed E-state index contributed by atoms with van der Waals surface area (Å²) in [5.74, 6) is -2.07. The number of halogens is 3. The molecule has 0 unspecified atom stereocenters. The molecule has 3 aromatic carbocycles. The van der Waals surface area contributed by atoms with Gasteiger partial charge in [-0.3, -0.25) is 9.88 Å². The number of pyridine rings is 1. The predicted molar refractivity (Wildman–Crippen MR) is 147 cm³/mol. The summed E-state index contributed by atoms with van der Waals surface area (Å²) in [5.41, 5.74) is 7.43. The fourth-order valence-electron chi connectivity index (χ4n) is 4.77. The SMILES string of the molecule is N#Cc1cnc(-c2ccc(CN3CCC(c4ccccc4)CC3)cc2)c(-c2ccccc2)c1.O=C(O)C(F)(F)F. The van der Waals surface area contributed by atoms with Gasteiger partial charge in [0.15, 0.2) is 0 Å². The molecule has 5 nitrogen and oxygen atoms in total. The number of nitriles is 1. The topological polar surface area (TPSA) is 77.2 Å². The van der Waals surface area contributed by atoms with E-state index in [9.17, 15) is 18.4 Å². The lowest BCUT2D eigenvalue weighted by molar-refractivity contribution is -0.192. The first-order valence-electron chi connectivity index (χ1n) is 12.9. The van der Waals surface area contributed by atoms with Crippen LogP contribution in [0.15, 0.2) is 97.2 Å². The highest BCUT2D eigenvalue weighted by Gasteiger charge is 2.38. The van der Waals surface area contributed by atoms with Gasteiger partial charge in [-0.1, -0.05) is 84.9 Å². The van der Waals surface area contributed by atoms with Crippen molar-refractivity contribution in [1.82, 2.24) is 9.88 Å². The number of hydrogen-bond donors (Lipinski definition) is 1. The molecule has 1 aliphatic rings. The first kappa shape index (κ1) is 28.5. The molecule has 0 saturated carbocycles. The standard InChI is InChI=1S/C30H27N3.C2HF3O2/c31-20-24-19-29(27-9-5-2-6-10-27)30(32-21-24)28-13-11-23(12-14-28)22-33-17-15-26(16-18-33)25-7-3-1-4-8-25;3-2(4,5)1(6)7/h1-14,19,21,26H,15-18,22H2;(H,6,7). The Labute approximate surface area is 231 Å². The largest absolute Gasteiger partial charge is 0.490 e. The van der Waals surface area contributed by atoms with Gasteiger partial charge in [0, 0.05) is 23.9 Å². The van der Waals surface area contributed by atoms with Crippen molar-refractivity contribution in [2.45, 2.75) is 31.5 Å². The zero-order chi connectivity index (χ0) is 28.5. The van der Waals surface area contributed by atoms with Crippen LogP contribution in [0, 0.1) is 11.3 Å². The van der Waals surface area contributed by atoms with Crippen LogP contribution in [0.3, 0.4) is 0 Å². The van der Waals surface area contributed by atoms with Crippen molar-refractivity contribution < 1.29 is 23.1 Å². The normalized spacial score (nSPS) is 14.1. The van der Waals surface area contributed by atoms with E-state index >= 15 is 0 Å². The Kier molecular flexibility index (Phi) is 9.31. The van der Waals surface area contributed by atoms with Crippen molar-refractivity contribution >= 4 is 5.97 Å². The van der Waals surface area contributed by atoms with Gasteiger partial charge in [0.1, 0.15) is 6.07 Å². The molecule has 0 aliphatic carbocycles. The van der Waals surface area contributed by atoms with E-state index < -0.39 is 12.1 Å². The molecular weight excluding hydrogens is 515 g/mol. The molecular formula is C32H28F3N3O2. The summed E-state index contributed by atoms with van der Waals surface area (Å²) in [6, 6.07) is 34.0. The number of piperidine rings is 1. The van der Waals surface area contributed by atoms with Crippen molar-refractivity contribution in [3.05, 3.63) is 114 Å². The Morgan fingerprint density at radius 2 is 1.50 bits per heavy atom. The van der Waals surface area contributed by atoms with E-state index in [1.807, 2.05) is 24.3 Å². The second-order valence-corrected chi connectivity index (χ2v) is 9.56. The lowest BCUT2D eigenvalue weighted by Gasteiger charge is -2.32. The van der Waals surface area contributed by atoms with Crippen molar-refractivity contribution in [2.24, 2.45) is 0 Å². The molecule has 1 aromatic heterocycles. The van der Waals surface area contributed by atoms with Crippen molar-refractivity contribution in [3.8, 4) is 28.5 Å². The Morgan fingerprint density at radius 1 is 0.925 bits per heavy atom. The fraction of sp³-hybridized carbons (Fsp3) is 0.219. The van der Waals surface area contributed by atoms with Crippen LogP contribution in [0.2, 0.25) is 0 Å². The van der Waals surface area contributed by atoms with E-state index in [2.05, 4.69) is 82.7 Å². The monoisotopic (exact) mass is 543 g/mol. The van der Waals surface area contributed by atoms with E-state index in [4.69, 9.17) is 9.90 Å². The zero-order valence-electron chi connectivity index (χ0n) is 21.7. The van der Waals surface area contributed by atoms with E-state index in [0.717, 1.165) is 42.0 Å². The minimum absolute atomic E-state index is 0.577. The molecule has 40 heavy (non-hydrogen) atoms. The van der Waals surface area contributed by atoms with Crippen LogP contribution in [0.1, 0.15) is 35.4 Å². The number of likely N-dealkylation sites (tertiary alicyclic amines) is 1. The predicted octanol–water partition coefficient (Wildman–Crippen LogP) is 7.30. The van der Waals surface area contributed by atoms with Crippen molar-refractivity contribution in [2.75, 3.05) is 13.1 Å². The second-order valence-electron chi connectivity index (χ2n) is 9.56. The number of rotatable bonds is 5. The molecule has 1 fully saturated rings. The first-order chi connectivity index (χ1) is 19.2. The van der Waals surface area contributed by atoms with Gasteiger partial charge in [-0.15, -0.1) is 0 Å². The van der Waals surface area contributed by atoms with Crippen LogP contribution in [-0.4, -0.2) is 40.2 Å². The average molecular weight is 544 g/mol. The smallest absolute Gasteiger partial charge is 0.475 e. The lowest BCUT2D eigenvalue weighted by atomic mass is 9.89. The number of aromatic nitrogens is 1. The maximum atomic E-state index is 10.6. The van der Waals surface area contributed by atoms with Crippen LogP contribution in [-0.2, 0) is 11.3 Å². The van der Waals surface area contributed by atoms with Crippen LogP contribution >= 0.6 is 0 Å². The molecule has 0 radical (unpaired) electrons. The number of nitrogens with zero attached hydrogens (tertiary/aromatic N) is 3. The number of benzene rings is 3. The first-order valence-corrected chi connectivity index (χ1v) is 12.9. The van der Waals surface area contributed by atoms with Crippen LogP contribution < -0.4 is 0 Å². The summed E-state index contributed by atoms with van der Waals surface area (Å²) in [6.45, 7) is 3.25. The molecule has 0 atom stereocenters. The highest BCUT2D eigenvalue weighted by Crippen LogP contribution is 2.32. The third-order valence-electron chi connectivity index (χ3n) is 6.84. The summed E-state index contributed by atoms with van der Waals surface area (Å²) < 4.78 is 31.7. The molecule has 1 saturated heterocycles. The van der Waals surface area contributed by atoms with Crippen molar-refractivity contribution in [1.29, 1.82) is 5.26 Å². The molecule has 204 valence electrons. The summed E-state index contributed by atoms with van der Waals surface area (Å²) >= 11 is 0. The number of carbonyl (C=O) groups is 1. The van der Waals surface area contributed by atoms with Gasteiger partial charge < -0.3 is 5.11 Å². The Bertz CT molecular complexity index is 1440. The fourth-order valence-corrected chi connectivity index (χ4v) is 4.77. The summed E-state index contributed by atoms with van der Waals surface area (Å²) in [7, 11) is 0. The van der Waals surface area contributed by atoms with E-state index in [0.29, 0.717) is 11.5 Å². The summed E-state index contributed by atoms with van der Waals surface area (Å²) in [4.78, 5) is 16.1. The molecule has 0 bridgehead atoms. The Balaban J connectivity index is 0.000000470. The zero-order valence-corrected chi connectivity index (χ0v) is 21.7. The highest BCUT2D eigenvalue weighted by atomic mass is 19.4. The van der Waals surface area contributed by atoms with Gasteiger partial charge in [0.25, 0.3) is 0 Å². The third-order valence-corrected chi connectivity index (χ3v) is 6.84. The maximum Gasteiger partial charge on any atom is 0.490 e. The van der Waals surface area contributed by atoms with Gasteiger partial charge in [0.05, 0.1) is 11.3 Å². The second kappa shape index (κ2) is 13.0. The number of carboxylic acids is 1. The lowest BCUT2D eigenvalue weighted by Crippen LogP contribution is -2.32. The van der Waals surface area contributed by atoms with E-state index in [-0.39, 0.29) is 0 Å². The minimum Gasteiger partial charge on any atom is -0.475 e. The van der Waals surface area contributed by atoms with Crippen LogP contribution in [0.4, 0.5) is 13.2 Å². The van der Waals surface area contributed by atoms with Gasteiger partial charge >= 0.3 is 12.1 Å². The average Bonchev–Trinajstić information content (AvgIpc) is 2.98. The number of hydrogen-bond acceptors (Lipinski definition) is 4. The molecule has 8 heteroatoms. The molecule has 2 heterocycles. The van der Waals surface area contributed by atoms with Crippen LogP contribution in [0.25, 0.3) is 22.4 Å². The molecule has 0 spiro atoms. The maximum absolute atomic E-state index is 10.6. The van der Waals surface area contributed by atoms with Gasteiger partial charge in [-0.2, -0.15) is 18.4 Å². The molecule has 4 aromatic rings. The quantitative estimate of drug-likeness (QED) is 0.286. The number of carboxylic acid groups (broad SMARTS) is 1. The number of alkyl halides is 3.